The lowest BCUT2D eigenvalue weighted by Gasteiger charge is -2.22. The summed E-state index contributed by atoms with van der Waals surface area (Å²) in [6.07, 6.45) is 2.82. The highest BCUT2D eigenvalue weighted by Gasteiger charge is 2.17. The summed E-state index contributed by atoms with van der Waals surface area (Å²) in [6, 6.07) is 0. The van der Waals surface area contributed by atoms with Gasteiger partial charge < -0.3 is 10.2 Å². The molecular formula is C15H29ClN4. The Bertz CT molecular complexity index is 406. The Labute approximate surface area is 128 Å². The summed E-state index contributed by atoms with van der Waals surface area (Å²) in [6.45, 7) is 11.6. The molecule has 1 rings (SSSR count). The third kappa shape index (κ3) is 5.81. The molecule has 0 amide bonds. The van der Waals surface area contributed by atoms with Crippen molar-refractivity contribution in [2.75, 3.05) is 27.2 Å². The lowest BCUT2D eigenvalue weighted by atomic mass is 10.0. The summed E-state index contributed by atoms with van der Waals surface area (Å²) in [5, 5.41) is 8.71. The van der Waals surface area contributed by atoms with Crippen molar-refractivity contribution >= 4 is 11.6 Å². The Hall–Kier alpha value is -0.580. The molecule has 5 heteroatoms. The van der Waals surface area contributed by atoms with Crippen LogP contribution < -0.4 is 5.32 Å². The van der Waals surface area contributed by atoms with Crippen LogP contribution in [-0.2, 0) is 6.54 Å². The molecule has 1 atom stereocenters. The number of hydrogen-bond acceptors (Lipinski definition) is 3. The fraction of sp³-hybridized carbons (Fsp3) is 0.800. The van der Waals surface area contributed by atoms with Gasteiger partial charge in [-0.3, -0.25) is 4.68 Å². The van der Waals surface area contributed by atoms with Crippen LogP contribution in [0, 0.1) is 0 Å². The van der Waals surface area contributed by atoms with Gasteiger partial charge in [0.15, 0.2) is 0 Å². The van der Waals surface area contributed by atoms with Crippen molar-refractivity contribution in [2.45, 2.75) is 52.1 Å². The first-order valence-corrected chi connectivity index (χ1v) is 7.69. The van der Waals surface area contributed by atoms with Crippen LogP contribution in [0.25, 0.3) is 0 Å². The second-order valence-corrected chi connectivity index (χ2v) is 7.18. The van der Waals surface area contributed by atoms with Crippen molar-refractivity contribution in [1.82, 2.24) is 20.0 Å². The molecule has 0 fully saturated rings. The first kappa shape index (κ1) is 17.5. The van der Waals surface area contributed by atoms with Crippen LogP contribution in [0.5, 0.6) is 0 Å². The summed E-state index contributed by atoms with van der Waals surface area (Å²) in [5.74, 6) is 0.405. The third-order valence-electron chi connectivity index (χ3n) is 3.29. The Morgan fingerprint density at radius 2 is 2.05 bits per heavy atom. The van der Waals surface area contributed by atoms with E-state index in [4.69, 9.17) is 11.6 Å². The van der Waals surface area contributed by atoms with E-state index >= 15 is 0 Å². The molecule has 0 saturated heterocycles. The minimum atomic E-state index is 0.161. The van der Waals surface area contributed by atoms with Crippen molar-refractivity contribution in [2.24, 2.45) is 0 Å². The summed E-state index contributed by atoms with van der Waals surface area (Å²) in [7, 11) is 4.14. The molecule has 1 N–H and O–H groups in total. The lowest BCUT2D eigenvalue weighted by molar-refractivity contribution is 0.363. The first-order chi connectivity index (χ1) is 9.20. The van der Waals surface area contributed by atoms with Crippen LogP contribution in [0.4, 0.5) is 0 Å². The van der Waals surface area contributed by atoms with Gasteiger partial charge in [0.05, 0.1) is 23.5 Å². The fourth-order valence-corrected chi connectivity index (χ4v) is 2.46. The van der Waals surface area contributed by atoms with Gasteiger partial charge in [-0.1, -0.05) is 18.5 Å². The van der Waals surface area contributed by atoms with Gasteiger partial charge in [0.2, 0.25) is 0 Å². The molecule has 0 bridgehead atoms. The minimum Gasteiger partial charge on any atom is -0.312 e. The van der Waals surface area contributed by atoms with E-state index in [2.05, 4.69) is 57.1 Å². The smallest absolute Gasteiger partial charge is 0.0820 e. The highest BCUT2D eigenvalue weighted by molar-refractivity contribution is 6.31. The molecule has 0 saturated carbocycles. The number of halogens is 1. The molecule has 0 spiro atoms. The molecule has 0 aliphatic heterocycles. The van der Waals surface area contributed by atoms with Gasteiger partial charge >= 0.3 is 0 Å². The van der Waals surface area contributed by atoms with E-state index < -0.39 is 0 Å². The highest BCUT2D eigenvalue weighted by atomic mass is 35.5. The zero-order valence-electron chi connectivity index (χ0n) is 13.7. The van der Waals surface area contributed by atoms with E-state index in [1.54, 1.807) is 6.20 Å². The monoisotopic (exact) mass is 300 g/mol. The largest absolute Gasteiger partial charge is 0.312 e. The molecule has 1 heterocycles. The molecule has 116 valence electrons. The molecule has 0 aromatic carbocycles. The topological polar surface area (TPSA) is 33.1 Å². The van der Waals surface area contributed by atoms with Gasteiger partial charge in [0.25, 0.3) is 0 Å². The van der Waals surface area contributed by atoms with Gasteiger partial charge in [-0.2, -0.15) is 5.10 Å². The van der Waals surface area contributed by atoms with Crippen LogP contribution in [0.3, 0.4) is 0 Å². The van der Waals surface area contributed by atoms with Crippen LogP contribution in [0.15, 0.2) is 6.20 Å². The summed E-state index contributed by atoms with van der Waals surface area (Å²) in [5.41, 5.74) is 1.32. The highest BCUT2D eigenvalue weighted by Crippen LogP contribution is 2.26. The van der Waals surface area contributed by atoms with E-state index in [0.717, 1.165) is 36.8 Å². The van der Waals surface area contributed by atoms with Crippen molar-refractivity contribution in [3.05, 3.63) is 16.9 Å². The summed E-state index contributed by atoms with van der Waals surface area (Å²) in [4.78, 5) is 2.16. The molecule has 0 radical (unpaired) electrons. The van der Waals surface area contributed by atoms with Gasteiger partial charge in [-0.15, -0.1) is 0 Å². The number of hydrogen-bond donors (Lipinski definition) is 1. The molecular weight excluding hydrogens is 272 g/mol. The van der Waals surface area contributed by atoms with Crippen molar-refractivity contribution in [3.63, 3.8) is 0 Å². The van der Waals surface area contributed by atoms with Crippen molar-refractivity contribution in [3.8, 4) is 0 Å². The average Bonchev–Trinajstić information content (AvgIpc) is 2.66. The quantitative estimate of drug-likeness (QED) is 0.840. The van der Waals surface area contributed by atoms with E-state index in [9.17, 15) is 0 Å². The summed E-state index contributed by atoms with van der Waals surface area (Å²) >= 11 is 6.31. The Morgan fingerprint density at radius 3 is 2.60 bits per heavy atom. The number of likely N-dealkylation sites (N-methyl/N-ethyl adjacent to an activating group) is 1. The SMILES string of the molecule is CC(CCNC(C)(C)C)c1c(Cl)cnn1CCN(C)C. The maximum Gasteiger partial charge on any atom is 0.0820 e. The lowest BCUT2D eigenvalue weighted by Crippen LogP contribution is -2.36. The molecule has 4 nitrogen and oxygen atoms in total. The van der Waals surface area contributed by atoms with E-state index in [1.165, 1.54) is 0 Å². The molecule has 0 aliphatic rings. The standard InChI is InChI=1S/C15H29ClN4/c1-12(7-8-17-15(2,3)4)14-13(16)11-18-20(14)10-9-19(5)6/h11-12,17H,7-10H2,1-6H3. The minimum absolute atomic E-state index is 0.161. The third-order valence-corrected chi connectivity index (χ3v) is 3.58. The first-order valence-electron chi connectivity index (χ1n) is 7.31. The molecule has 20 heavy (non-hydrogen) atoms. The van der Waals surface area contributed by atoms with Crippen molar-refractivity contribution < 1.29 is 0 Å². The van der Waals surface area contributed by atoms with Gasteiger partial charge in [0, 0.05) is 18.0 Å². The Kier molecular flexibility index (Phi) is 6.49. The van der Waals surface area contributed by atoms with Crippen LogP contribution >= 0.6 is 11.6 Å². The van der Waals surface area contributed by atoms with Crippen LogP contribution in [0.2, 0.25) is 5.02 Å². The van der Waals surface area contributed by atoms with E-state index in [0.29, 0.717) is 5.92 Å². The molecule has 0 aliphatic carbocycles. The normalized spacial score (nSPS) is 14.0. The predicted molar refractivity (Wildman–Crippen MR) is 86.6 cm³/mol. The number of aromatic nitrogens is 2. The molecule has 1 aromatic rings. The maximum absolute atomic E-state index is 6.31. The predicted octanol–water partition coefficient (Wildman–Crippen LogP) is 2.98. The number of rotatable bonds is 7. The number of nitrogens with zero attached hydrogens (tertiary/aromatic N) is 3. The second-order valence-electron chi connectivity index (χ2n) is 6.77. The van der Waals surface area contributed by atoms with Crippen LogP contribution in [-0.4, -0.2) is 47.4 Å². The molecule has 1 aromatic heterocycles. The fourth-order valence-electron chi connectivity index (χ4n) is 2.14. The zero-order valence-corrected chi connectivity index (χ0v) is 14.5. The van der Waals surface area contributed by atoms with Gasteiger partial charge in [0.1, 0.15) is 0 Å². The van der Waals surface area contributed by atoms with E-state index in [1.807, 2.05) is 4.68 Å². The number of nitrogens with one attached hydrogen (secondary N) is 1. The van der Waals surface area contributed by atoms with E-state index in [-0.39, 0.29) is 5.54 Å². The molecule has 1 unspecified atom stereocenters. The maximum atomic E-state index is 6.31. The Balaban J connectivity index is 2.62. The zero-order chi connectivity index (χ0) is 15.3. The van der Waals surface area contributed by atoms with Gasteiger partial charge in [-0.05, 0) is 47.8 Å². The summed E-state index contributed by atoms with van der Waals surface area (Å²) < 4.78 is 2.05. The van der Waals surface area contributed by atoms with Crippen molar-refractivity contribution in [1.29, 1.82) is 0 Å². The van der Waals surface area contributed by atoms with Gasteiger partial charge in [-0.25, -0.2) is 0 Å². The van der Waals surface area contributed by atoms with Crippen LogP contribution in [0.1, 0.15) is 45.7 Å². The Morgan fingerprint density at radius 1 is 1.40 bits per heavy atom. The second kappa shape index (κ2) is 7.43. The average molecular weight is 301 g/mol.